The van der Waals surface area contributed by atoms with Crippen molar-refractivity contribution >= 4 is 12.0 Å². The standard InChI is InChI=1S/C26H34N2O4/c1-26(2,3)32-25(30)28-14-8-13-23(17-28)24(29)27-16-21-11-7-12-22(15-21)19-31-18-20-9-5-4-6-10-20/h4-7,9-12,15,23H,8,13-14,16-19H2,1-3H3,(H,27,29). The molecule has 2 amide bonds. The first-order valence-corrected chi connectivity index (χ1v) is 11.3. The molecule has 0 spiro atoms. The van der Waals surface area contributed by atoms with Crippen LogP contribution in [-0.4, -0.2) is 35.6 Å². The number of carbonyl (C=O) groups excluding carboxylic acids is 2. The molecule has 2 aromatic carbocycles. The van der Waals surface area contributed by atoms with Gasteiger partial charge in [0.25, 0.3) is 0 Å². The molecule has 3 rings (SSSR count). The van der Waals surface area contributed by atoms with Gasteiger partial charge in [0, 0.05) is 19.6 Å². The Hall–Kier alpha value is -2.86. The molecule has 0 aromatic heterocycles. The van der Waals surface area contributed by atoms with Crippen LogP contribution in [0.15, 0.2) is 54.6 Å². The third kappa shape index (κ3) is 7.68. The van der Waals surface area contributed by atoms with Crippen molar-refractivity contribution < 1.29 is 19.1 Å². The summed E-state index contributed by atoms with van der Waals surface area (Å²) in [4.78, 5) is 26.7. The maximum absolute atomic E-state index is 12.7. The normalized spacial score (nSPS) is 16.5. The van der Waals surface area contributed by atoms with Crippen LogP contribution in [0.2, 0.25) is 0 Å². The Balaban J connectivity index is 1.46. The molecule has 1 heterocycles. The predicted molar refractivity (Wildman–Crippen MR) is 124 cm³/mol. The number of benzene rings is 2. The molecule has 1 fully saturated rings. The number of nitrogens with zero attached hydrogens (tertiary/aromatic N) is 1. The van der Waals surface area contributed by atoms with Gasteiger partial charge in [0.15, 0.2) is 0 Å². The lowest BCUT2D eigenvalue weighted by atomic mass is 9.97. The molecule has 1 N–H and O–H groups in total. The third-order valence-electron chi connectivity index (χ3n) is 5.28. The first kappa shape index (κ1) is 23.8. The first-order valence-electron chi connectivity index (χ1n) is 11.3. The summed E-state index contributed by atoms with van der Waals surface area (Å²) >= 11 is 0. The molecule has 6 nitrogen and oxygen atoms in total. The lowest BCUT2D eigenvalue weighted by Crippen LogP contribution is -2.46. The second kappa shape index (κ2) is 11.1. The first-order chi connectivity index (χ1) is 15.3. The van der Waals surface area contributed by atoms with Crippen LogP contribution in [-0.2, 0) is 34.0 Å². The molecule has 6 heteroatoms. The number of likely N-dealkylation sites (tertiary alicyclic amines) is 1. The topological polar surface area (TPSA) is 67.9 Å². The van der Waals surface area contributed by atoms with Crippen molar-refractivity contribution in [2.45, 2.75) is 59.0 Å². The monoisotopic (exact) mass is 438 g/mol. The molecule has 1 atom stereocenters. The summed E-state index contributed by atoms with van der Waals surface area (Å²) in [6.45, 7) is 8.10. The van der Waals surface area contributed by atoms with Gasteiger partial charge < -0.3 is 19.7 Å². The molecule has 1 unspecified atom stereocenters. The van der Waals surface area contributed by atoms with Gasteiger partial charge in [0.1, 0.15) is 5.60 Å². The molecule has 1 aliphatic rings. The molecule has 2 aromatic rings. The number of hydrogen-bond donors (Lipinski definition) is 1. The maximum atomic E-state index is 12.7. The fourth-order valence-corrected chi connectivity index (χ4v) is 3.71. The van der Waals surface area contributed by atoms with Gasteiger partial charge in [-0.05, 0) is 50.3 Å². The molecular weight excluding hydrogens is 404 g/mol. The van der Waals surface area contributed by atoms with Crippen LogP contribution in [0.5, 0.6) is 0 Å². The largest absolute Gasteiger partial charge is 0.444 e. The number of rotatable bonds is 7. The van der Waals surface area contributed by atoms with Crippen LogP contribution < -0.4 is 5.32 Å². The van der Waals surface area contributed by atoms with Crippen molar-refractivity contribution in [3.63, 3.8) is 0 Å². The highest BCUT2D eigenvalue weighted by molar-refractivity contribution is 5.80. The van der Waals surface area contributed by atoms with E-state index in [-0.39, 0.29) is 17.9 Å². The van der Waals surface area contributed by atoms with Crippen LogP contribution in [0.25, 0.3) is 0 Å². The summed E-state index contributed by atoms with van der Waals surface area (Å²) < 4.78 is 11.3. The number of hydrogen-bond acceptors (Lipinski definition) is 4. The van der Waals surface area contributed by atoms with E-state index in [0.717, 1.165) is 29.5 Å². The molecule has 172 valence electrons. The second-order valence-corrected chi connectivity index (χ2v) is 9.28. The van der Waals surface area contributed by atoms with Gasteiger partial charge in [-0.25, -0.2) is 4.79 Å². The fraction of sp³-hybridized carbons (Fsp3) is 0.462. The average molecular weight is 439 g/mol. The Kier molecular flexibility index (Phi) is 8.28. The van der Waals surface area contributed by atoms with Gasteiger partial charge in [0.2, 0.25) is 5.91 Å². The van der Waals surface area contributed by atoms with Crippen molar-refractivity contribution in [2.75, 3.05) is 13.1 Å². The van der Waals surface area contributed by atoms with E-state index in [2.05, 4.69) is 11.4 Å². The molecule has 0 saturated carbocycles. The second-order valence-electron chi connectivity index (χ2n) is 9.28. The Bertz CT molecular complexity index is 892. The molecule has 1 saturated heterocycles. The highest BCUT2D eigenvalue weighted by Crippen LogP contribution is 2.20. The summed E-state index contributed by atoms with van der Waals surface area (Å²) in [6.07, 6.45) is 1.22. The number of amides is 2. The Morgan fingerprint density at radius 2 is 1.69 bits per heavy atom. The third-order valence-corrected chi connectivity index (χ3v) is 5.28. The number of piperidine rings is 1. The smallest absolute Gasteiger partial charge is 0.410 e. The SMILES string of the molecule is CC(C)(C)OC(=O)N1CCCC(C(=O)NCc2cccc(COCc3ccccc3)c2)C1. The quantitative estimate of drug-likeness (QED) is 0.682. The zero-order valence-corrected chi connectivity index (χ0v) is 19.3. The van der Waals surface area contributed by atoms with E-state index in [1.807, 2.05) is 69.3 Å². The van der Waals surface area contributed by atoms with Gasteiger partial charge in [0.05, 0.1) is 19.1 Å². The van der Waals surface area contributed by atoms with Gasteiger partial charge in [-0.3, -0.25) is 4.79 Å². The van der Waals surface area contributed by atoms with E-state index < -0.39 is 5.60 Å². The van der Waals surface area contributed by atoms with Gasteiger partial charge in [-0.2, -0.15) is 0 Å². The van der Waals surface area contributed by atoms with Crippen LogP contribution in [0.1, 0.15) is 50.3 Å². The molecule has 1 aliphatic heterocycles. The van der Waals surface area contributed by atoms with Crippen LogP contribution >= 0.6 is 0 Å². The Labute approximate surface area is 190 Å². The summed E-state index contributed by atoms with van der Waals surface area (Å²) in [5.74, 6) is -0.238. The number of carbonyl (C=O) groups is 2. The molecular formula is C26H34N2O4. The Morgan fingerprint density at radius 1 is 1.00 bits per heavy atom. The van der Waals surface area contributed by atoms with Crippen LogP contribution in [0.3, 0.4) is 0 Å². The summed E-state index contributed by atoms with van der Waals surface area (Å²) in [6, 6.07) is 18.1. The minimum atomic E-state index is -0.540. The van der Waals surface area contributed by atoms with E-state index in [1.54, 1.807) is 4.90 Å². The summed E-state index contributed by atoms with van der Waals surface area (Å²) in [7, 11) is 0. The zero-order valence-electron chi connectivity index (χ0n) is 19.3. The van der Waals surface area contributed by atoms with Crippen molar-refractivity contribution in [2.24, 2.45) is 5.92 Å². The summed E-state index contributed by atoms with van der Waals surface area (Å²) in [5, 5.41) is 3.03. The van der Waals surface area contributed by atoms with Crippen molar-refractivity contribution in [3.05, 3.63) is 71.3 Å². The Morgan fingerprint density at radius 3 is 2.44 bits per heavy atom. The van der Waals surface area contributed by atoms with E-state index in [9.17, 15) is 9.59 Å². The van der Waals surface area contributed by atoms with E-state index in [4.69, 9.17) is 9.47 Å². The minimum absolute atomic E-state index is 0.0241. The van der Waals surface area contributed by atoms with Gasteiger partial charge in [-0.1, -0.05) is 54.6 Å². The fourth-order valence-electron chi connectivity index (χ4n) is 3.71. The number of nitrogens with one attached hydrogen (secondary N) is 1. The van der Waals surface area contributed by atoms with E-state index >= 15 is 0 Å². The van der Waals surface area contributed by atoms with Gasteiger partial charge >= 0.3 is 6.09 Å². The highest BCUT2D eigenvalue weighted by atomic mass is 16.6. The molecule has 0 bridgehead atoms. The van der Waals surface area contributed by atoms with Crippen LogP contribution in [0.4, 0.5) is 4.79 Å². The average Bonchev–Trinajstić information content (AvgIpc) is 2.77. The lowest BCUT2D eigenvalue weighted by Gasteiger charge is -2.33. The van der Waals surface area contributed by atoms with Crippen molar-refractivity contribution in [1.29, 1.82) is 0 Å². The van der Waals surface area contributed by atoms with E-state index in [1.165, 1.54) is 0 Å². The van der Waals surface area contributed by atoms with Crippen LogP contribution in [0, 0.1) is 5.92 Å². The lowest BCUT2D eigenvalue weighted by molar-refractivity contribution is -0.126. The van der Waals surface area contributed by atoms with Crippen molar-refractivity contribution in [3.8, 4) is 0 Å². The van der Waals surface area contributed by atoms with Crippen molar-refractivity contribution in [1.82, 2.24) is 10.2 Å². The van der Waals surface area contributed by atoms with E-state index in [0.29, 0.717) is 32.8 Å². The molecule has 0 aliphatic carbocycles. The maximum Gasteiger partial charge on any atom is 0.410 e. The number of ether oxygens (including phenoxy) is 2. The molecule has 0 radical (unpaired) electrons. The predicted octanol–water partition coefficient (Wildman–Crippen LogP) is 4.67. The minimum Gasteiger partial charge on any atom is -0.444 e. The summed E-state index contributed by atoms with van der Waals surface area (Å²) in [5.41, 5.74) is 2.70. The zero-order chi connectivity index (χ0) is 23.0. The van der Waals surface area contributed by atoms with Gasteiger partial charge in [-0.15, -0.1) is 0 Å². The highest BCUT2D eigenvalue weighted by Gasteiger charge is 2.30. The molecule has 32 heavy (non-hydrogen) atoms.